The Morgan fingerprint density at radius 3 is 2.77 bits per heavy atom. The summed E-state index contributed by atoms with van der Waals surface area (Å²) in [5.41, 5.74) is 1.75. The van der Waals surface area contributed by atoms with Gasteiger partial charge in [0.25, 0.3) is 0 Å². The Morgan fingerprint density at radius 2 is 2.00 bits per heavy atom. The van der Waals surface area contributed by atoms with Gasteiger partial charge in [0.15, 0.2) is 5.65 Å². The molecule has 136 valence electrons. The lowest BCUT2D eigenvalue weighted by Gasteiger charge is -2.17. The molecule has 0 bridgehead atoms. The Morgan fingerprint density at radius 1 is 1.19 bits per heavy atom. The minimum absolute atomic E-state index is 0.00335. The van der Waals surface area contributed by atoms with E-state index in [-0.39, 0.29) is 18.5 Å². The van der Waals surface area contributed by atoms with Crippen LogP contribution in [0.25, 0.3) is 11.2 Å². The first-order valence-electron chi connectivity index (χ1n) is 8.87. The van der Waals surface area contributed by atoms with Gasteiger partial charge in [-0.3, -0.25) is 4.57 Å². The average Bonchev–Trinajstić information content (AvgIpc) is 3.28. The van der Waals surface area contributed by atoms with E-state index in [9.17, 15) is 4.39 Å². The van der Waals surface area contributed by atoms with Crippen molar-refractivity contribution in [3.8, 4) is 0 Å². The number of aromatic nitrogens is 4. The second-order valence-corrected chi connectivity index (χ2v) is 6.40. The van der Waals surface area contributed by atoms with E-state index in [1.54, 1.807) is 24.4 Å². The van der Waals surface area contributed by atoms with Gasteiger partial charge in [-0.05, 0) is 25.0 Å². The molecule has 1 saturated carbocycles. The zero-order valence-corrected chi connectivity index (χ0v) is 14.3. The summed E-state index contributed by atoms with van der Waals surface area (Å²) in [5.74, 6) is 0.697. The maximum Gasteiger partial charge on any atom is 0.224 e. The first-order chi connectivity index (χ1) is 12.8. The highest BCUT2D eigenvalue weighted by molar-refractivity contribution is 5.76. The first kappa shape index (κ1) is 16.7. The number of aliphatic hydroxyl groups excluding tert-OH is 1. The fraction of sp³-hybridized carbons (Fsp3) is 0.389. The molecule has 8 heteroatoms. The number of anilines is 3. The summed E-state index contributed by atoms with van der Waals surface area (Å²) < 4.78 is 16.1. The van der Waals surface area contributed by atoms with Crippen molar-refractivity contribution in [3.63, 3.8) is 0 Å². The number of halogens is 1. The van der Waals surface area contributed by atoms with Crippen molar-refractivity contribution in [2.75, 3.05) is 23.8 Å². The zero-order chi connectivity index (χ0) is 17.9. The van der Waals surface area contributed by atoms with E-state index in [1.165, 1.54) is 6.07 Å². The lowest BCUT2D eigenvalue weighted by Crippen LogP contribution is -2.12. The Bertz CT molecular complexity index is 906. The fourth-order valence-electron chi connectivity index (χ4n) is 3.42. The van der Waals surface area contributed by atoms with Crippen LogP contribution in [-0.2, 0) is 0 Å². The third-order valence-electron chi connectivity index (χ3n) is 4.64. The van der Waals surface area contributed by atoms with E-state index in [0.717, 1.165) is 25.7 Å². The standard InChI is InChI=1S/C18H21FN6O/c19-13-7-3-4-8-14(13)22-18-23-15-11-21-17(20-9-10-26)24-16(15)25(18)12-5-1-2-6-12/h3-4,7-8,11-12,26H,1-2,5-6,9-10H2,(H,22,23)(H,20,21,24). The van der Waals surface area contributed by atoms with Crippen LogP contribution >= 0.6 is 0 Å². The lowest BCUT2D eigenvalue weighted by molar-refractivity contribution is 0.311. The molecule has 2 aromatic heterocycles. The Balaban J connectivity index is 1.78. The number of aliphatic hydroxyl groups is 1. The molecule has 0 spiro atoms. The van der Waals surface area contributed by atoms with Crippen molar-refractivity contribution in [3.05, 3.63) is 36.3 Å². The van der Waals surface area contributed by atoms with Crippen LogP contribution in [0, 0.1) is 5.82 Å². The van der Waals surface area contributed by atoms with Crippen molar-refractivity contribution in [2.45, 2.75) is 31.7 Å². The van der Waals surface area contributed by atoms with Gasteiger partial charge in [0, 0.05) is 12.6 Å². The van der Waals surface area contributed by atoms with Crippen molar-refractivity contribution >= 4 is 28.7 Å². The Labute approximate surface area is 150 Å². The summed E-state index contributed by atoms with van der Waals surface area (Å²) in [5, 5.41) is 15.1. The highest BCUT2D eigenvalue weighted by atomic mass is 19.1. The summed E-state index contributed by atoms with van der Waals surface area (Å²) in [6.07, 6.45) is 6.05. The van der Waals surface area contributed by atoms with Crippen molar-refractivity contribution in [1.29, 1.82) is 0 Å². The maximum absolute atomic E-state index is 14.1. The number of nitrogens with one attached hydrogen (secondary N) is 2. The maximum atomic E-state index is 14.1. The van der Waals surface area contributed by atoms with Crippen LogP contribution in [0.4, 0.5) is 22.0 Å². The van der Waals surface area contributed by atoms with Gasteiger partial charge in [0.2, 0.25) is 11.9 Å². The minimum Gasteiger partial charge on any atom is -0.395 e. The predicted octanol–water partition coefficient (Wildman–Crippen LogP) is 3.23. The first-order valence-corrected chi connectivity index (χ1v) is 8.87. The smallest absolute Gasteiger partial charge is 0.224 e. The van der Waals surface area contributed by atoms with Gasteiger partial charge in [0.05, 0.1) is 18.5 Å². The Hall–Kier alpha value is -2.74. The number of hydrogen-bond donors (Lipinski definition) is 3. The van der Waals surface area contributed by atoms with Crippen molar-refractivity contribution in [1.82, 2.24) is 19.5 Å². The number of hydrogen-bond acceptors (Lipinski definition) is 6. The van der Waals surface area contributed by atoms with Gasteiger partial charge in [-0.2, -0.15) is 4.98 Å². The van der Waals surface area contributed by atoms with E-state index in [2.05, 4.69) is 30.2 Å². The number of rotatable bonds is 6. The molecule has 1 fully saturated rings. The third-order valence-corrected chi connectivity index (χ3v) is 4.64. The van der Waals surface area contributed by atoms with E-state index in [4.69, 9.17) is 5.11 Å². The molecule has 3 N–H and O–H groups in total. The van der Waals surface area contributed by atoms with Crippen LogP contribution in [-0.4, -0.2) is 37.8 Å². The van der Waals surface area contributed by atoms with Gasteiger partial charge in [-0.1, -0.05) is 25.0 Å². The van der Waals surface area contributed by atoms with E-state index < -0.39 is 0 Å². The quantitative estimate of drug-likeness (QED) is 0.628. The second-order valence-electron chi connectivity index (χ2n) is 6.40. The largest absolute Gasteiger partial charge is 0.395 e. The van der Waals surface area contributed by atoms with Gasteiger partial charge < -0.3 is 15.7 Å². The summed E-state index contributed by atoms with van der Waals surface area (Å²) in [6.45, 7) is 0.382. The highest BCUT2D eigenvalue weighted by Gasteiger charge is 2.24. The molecule has 26 heavy (non-hydrogen) atoms. The van der Waals surface area contributed by atoms with E-state index >= 15 is 0 Å². The van der Waals surface area contributed by atoms with Crippen LogP contribution in [0.2, 0.25) is 0 Å². The molecule has 0 atom stereocenters. The molecule has 4 rings (SSSR count). The topological polar surface area (TPSA) is 87.9 Å². The van der Waals surface area contributed by atoms with E-state index in [1.807, 2.05) is 0 Å². The number of benzene rings is 1. The normalized spacial score (nSPS) is 14.8. The molecule has 0 amide bonds. The molecule has 1 aliphatic rings. The lowest BCUT2D eigenvalue weighted by atomic mass is 10.2. The summed E-state index contributed by atoms with van der Waals surface area (Å²) in [7, 11) is 0. The predicted molar refractivity (Wildman–Crippen MR) is 98.1 cm³/mol. The molecule has 0 unspecified atom stereocenters. The monoisotopic (exact) mass is 356 g/mol. The molecule has 0 saturated heterocycles. The third kappa shape index (κ3) is 3.20. The van der Waals surface area contributed by atoms with Crippen molar-refractivity contribution in [2.24, 2.45) is 0 Å². The molecule has 2 heterocycles. The van der Waals surface area contributed by atoms with Gasteiger partial charge in [-0.25, -0.2) is 14.4 Å². The second kappa shape index (κ2) is 7.25. The highest BCUT2D eigenvalue weighted by Crippen LogP contribution is 2.35. The van der Waals surface area contributed by atoms with Crippen LogP contribution < -0.4 is 10.6 Å². The Kier molecular flexibility index (Phi) is 4.66. The van der Waals surface area contributed by atoms with Crippen LogP contribution in [0.3, 0.4) is 0 Å². The van der Waals surface area contributed by atoms with Crippen LogP contribution in [0.1, 0.15) is 31.7 Å². The van der Waals surface area contributed by atoms with E-state index in [0.29, 0.717) is 35.3 Å². The molecule has 1 aliphatic carbocycles. The van der Waals surface area contributed by atoms with Gasteiger partial charge in [-0.15, -0.1) is 0 Å². The SMILES string of the molecule is OCCNc1ncc2nc(Nc3ccccc3F)n(C3CCCC3)c2n1. The zero-order valence-electron chi connectivity index (χ0n) is 14.3. The summed E-state index contributed by atoms with van der Waals surface area (Å²) >= 11 is 0. The molecule has 3 aromatic rings. The minimum atomic E-state index is -0.325. The summed E-state index contributed by atoms with van der Waals surface area (Å²) in [4.78, 5) is 13.4. The van der Waals surface area contributed by atoms with Crippen LogP contribution in [0.15, 0.2) is 30.5 Å². The number of fused-ring (bicyclic) bond motifs is 1. The fourth-order valence-corrected chi connectivity index (χ4v) is 3.42. The molecule has 1 aromatic carbocycles. The van der Waals surface area contributed by atoms with Gasteiger partial charge in [0.1, 0.15) is 11.3 Å². The summed E-state index contributed by atoms with van der Waals surface area (Å²) in [6, 6.07) is 6.82. The number of imidazole rings is 1. The molecule has 0 aliphatic heterocycles. The molecule has 7 nitrogen and oxygen atoms in total. The number of para-hydroxylation sites is 1. The van der Waals surface area contributed by atoms with Gasteiger partial charge >= 0.3 is 0 Å². The average molecular weight is 356 g/mol. The molecule has 0 radical (unpaired) electrons. The van der Waals surface area contributed by atoms with Crippen LogP contribution in [0.5, 0.6) is 0 Å². The molecular formula is C18H21FN6O. The van der Waals surface area contributed by atoms with Crippen molar-refractivity contribution < 1.29 is 9.50 Å². The number of nitrogens with zero attached hydrogens (tertiary/aromatic N) is 4. The molecular weight excluding hydrogens is 335 g/mol.